The van der Waals surface area contributed by atoms with Crippen molar-refractivity contribution in [2.75, 3.05) is 0 Å². The van der Waals surface area contributed by atoms with Gasteiger partial charge in [0.05, 0.1) is 10.8 Å². The molecule has 0 aliphatic heterocycles. The van der Waals surface area contributed by atoms with E-state index in [0.29, 0.717) is 11.8 Å². The third-order valence-electron chi connectivity index (χ3n) is 7.37. The molecule has 0 spiro atoms. The SMILES string of the molecule is Cc1cccc2c3c(c4ccc[n+](C)c4c12)C1c2ccccc2C3c2ccccc21. The first kappa shape index (κ1) is 16.4. The maximum absolute atomic E-state index is 2.35. The maximum atomic E-state index is 2.35. The molecule has 0 atom stereocenters. The molecule has 0 saturated carbocycles. The van der Waals surface area contributed by atoms with Gasteiger partial charge in [0, 0.05) is 17.9 Å². The lowest BCUT2D eigenvalue weighted by atomic mass is 9.59. The largest absolute Gasteiger partial charge is 0.220 e. The minimum Gasteiger partial charge on any atom is -0.200 e. The Labute approximate surface area is 176 Å². The summed E-state index contributed by atoms with van der Waals surface area (Å²) >= 11 is 0. The molecule has 1 nitrogen and oxygen atoms in total. The van der Waals surface area contributed by atoms with Crippen molar-refractivity contribution in [1.29, 1.82) is 0 Å². The lowest BCUT2D eigenvalue weighted by Crippen LogP contribution is -2.32. The summed E-state index contributed by atoms with van der Waals surface area (Å²) in [5, 5.41) is 4.21. The van der Waals surface area contributed by atoms with E-state index < -0.39 is 0 Å². The average Bonchev–Trinajstić information content (AvgIpc) is 2.79. The smallest absolute Gasteiger partial charge is 0.200 e. The lowest BCUT2D eigenvalue weighted by Gasteiger charge is -2.43. The van der Waals surface area contributed by atoms with Crippen molar-refractivity contribution in [1.82, 2.24) is 0 Å². The molecule has 0 amide bonds. The van der Waals surface area contributed by atoms with Crippen LogP contribution in [0.4, 0.5) is 0 Å². The van der Waals surface area contributed by atoms with Gasteiger partial charge in [-0.1, -0.05) is 66.7 Å². The second-order valence-corrected chi connectivity index (χ2v) is 8.83. The Balaban J connectivity index is 1.78. The quantitative estimate of drug-likeness (QED) is 0.219. The molecule has 3 aliphatic carbocycles. The summed E-state index contributed by atoms with van der Waals surface area (Å²) in [7, 11) is 2.18. The number of aromatic nitrogens is 1. The predicted octanol–water partition coefficient (Wildman–Crippen LogP) is 6.11. The monoisotopic (exact) mass is 384 g/mol. The van der Waals surface area contributed by atoms with Gasteiger partial charge in [-0.15, -0.1) is 0 Å². The van der Waals surface area contributed by atoms with Crippen LogP contribution in [0.2, 0.25) is 0 Å². The third-order valence-corrected chi connectivity index (χ3v) is 7.37. The molecule has 1 heterocycles. The molecule has 3 aliphatic rings. The van der Waals surface area contributed by atoms with E-state index in [0.717, 1.165) is 0 Å². The van der Waals surface area contributed by atoms with Crippen molar-refractivity contribution in [2.45, 2.75) is 18.8 Å². The Bertz CT molecular complexity index is 1360. The number of rotatable bonds is 0. The molecule has 1 heteroatoms. The van der Waals surface area contributed by atoms with Crippen molar-refractivity contribution >= 4 is 21.7 Å². The van der Waals surface area contributed by atoms with Crippen LogP contribution < -0.4 is 4.57 Å². The van der Waals surface area contributed by atoms with E-state index in [-0.39, 0.29) is 0 Å². The van der Waals surface area contributed by atoms with Crippen LogP contribution in [0.1, 0.15) is 50.8 Å². The number of nitrogens with zero attached hydrogens (tertiary/aromatic N) is 1. The topological polar surface area (TPSA) is 3.88 Å². The molecule has 2 bridgehead atoms. The highest BCUT2D eigenvalue weighted by Gasteiger charge is 2.43. The molecule has 30 heavy (non-hydrogen) atoms. The molecule has 1 aromatic heterocycles. The number of hydrogen-bond donors (Lipinski definition) is 0. The van der Waals surface area contributed by atoms with Gasteiger partial charge in [0.2, 0.25) is 5.52 Å². The number of fused-ring (bicyclic) bond motifs is 3. The van der Waals surface area contributed by atoms with E-state index in [1.807, 2.05) is 0 Å². The van der Waals surface area contributed by atoms with Gasteiger partial charge in [-0.05, 0) is 57.3 Å². The first-order chi connectivity index (χ1) is 14.8. The van der Waals surface area contributed by atoms with Crippen LogP contribution >= 0.6 is 0 Å². The zero-order chi connectivity index (χ0) is 20.0. The number of benzene rings is 4. The molecule has 4 aromatic carbocycles. The van der Waals surface area contributed by atoms with Crippen molar-refractivity contribution in [3.05, 3.63) is 124 Å². The lowest BCUT2D eigenvalue weighted by molar-refractivity contribution is -0.644. The van der Waals surface area contributed by atoms with Crippen molar-refractivity contribution in [3.8, 4) is 0 Å². The summed E-state index contributed by atoms with van der Waals surface area (Å²) in [6.07, 6.45) is 2.18. The van der Waals surface area contributed by atoms with Crippen LogP contribution in [-0.4, -0.2) is 0 Å². The summed E-state index contributed by atoms with van der Waals surface area (Å²) in [4.78, 5) is 0. The van der Waals surface area contributed by atoms with Crippen LogP contribution in [0.3, 0.4) is 0 Å². The van der Waals surface area contributed by atoms with Gasteiger partial charge in [0.15, 0.2) is 6.20 Å². The van der Waals surface area contributed by atoms with Crippen LogP contribution in [0.15, 0.2) is 85.1 Å². The Morgan fingerprint density at radius 2 is 1.13 bits per heavy atom. The molecule has 0 radical (unpaired) electrons. The number of aryl methyl sites for hydroxylation is 2. The molecule has 0 N–H and O–H groups in total. The van der Waals surface area contributed by atoms with E-state index in [2.05, 4.69) is 104 Å². The normalized spacial score (nSPS) is 18.3. The molecular weight excluding hydrogens is 362 g/mol. The highest BCUT2D eigenvalue weighted by atomic mass is 14.9. The maximum Gasteiger partial charge on any atom is 0.220 e. The van der Waals surface area contributed by atoms with Gasteiger partial charge in [-0.25, -0.2) is 4.57 Å². The van der Waals surface area contributed by atoms with Gasteiger partial charge in [-0.2, -0.15) is 0 Å². The third kappa shape index (κ3) is 1.82. The van der Waals surface area contributed by atoms with E-state index in [4.69, 9.17) is 0 Å². The van der Waals surface area contributed by atoms with E-state index in [1.54, 1.807) is 0 Å². The van der Waals surface area contributed by atoms with E-state index in [9.17, 15) is 0 Å². The Morgan fingerprint density at radius 1 is 0.600 bits per heavy atom. The van der Waals surface area contributed by atoms with Gasteiger partial charge in [-0.3, -0.25) is 0 Å². The summed E-state index contributed by atoms with van der Waals surface area (Å²) in [6.45, 7) is 2.25. The van der Waals surface area contributed by atoms with E-state index >= 15 is 0 Å². The zero-order valence-corrected chi connectivity index (χ0v) is 17.2. The average molecular weight is 385 g/mol. The van der Waals surface area contributed by atoms with Crippen LogP contribution in [0.25, 0.3) is 21.7 Å². The van der Waals surface area contributed by atoms with Gasteiger partial charge >= 0.3 is 0 Å². The number of hydrogen-bond acceptors (Lipinski definition) is 0. The molecule has 8 rings (SSSR count). The van der Waals surface area contributed by atoms with Gasteiger partial charge in [0.1, 0.15) is 7.05 Å². The minimum absolute atomic E-state index is 0.298. The fourth-order valence-electron chi connectivity index (χ4n) is 6.29. The fourth-order valence-corrected chi connectivity index (χ4v) is 6.29. The molecule has 0 saturated heterocycles. The van der Waals surface area contributed by atoms with Gasteiger partial charge in [0.25, 0.3) is 0 Å². The van der Waals surface area contributed by atoms with Crippen molar-refractivity contribution in [2.24, 2.45) is 7.05 Å². The van der Waals surface area contributed by atoms with Crippen LogP contribution in [0, 0.1) is 6.92 Å². The predicted molar refractivity (Wildman–Crippen MR) is 122 cm³/mol. The molecule has 0 unspecified atom stereocenters. The summed E-state index contributed by atoms with van der Waals surface area (Å²) in [6, 6.07) is 29.6. The molecule has 142 valence electrons. The van der Waals surface area contributed by atoms with Gasteiger partial charge < -0.3 is 0 Å². The highest BCUT2D eigenvalue weighted by Crippen LogP contribution is 2.58. The Kier molecular flexibility index (Phi) is 3.04. The first-order valence-corrected chi connectivity index (χ1v) is 10.8. The van der Waals surface area contributed by atoms with Crippen molar-refractivity contribution < 1.29 is 4.57 Å². The second kappa shape index (κ2) is 5.58. The van der Waals surface area contributed by atoms with Crippen LogP contribution in [0.5, 0.6) is 0 Å². The molecule has 5 aromatic rings. The summed E-state index contributed by atoms with van der Waals surface area (Å²) in [5.74, 6) is 0.601. The Morgan fingerprint density at radius 3 is 1.73 bits per heavy atom. The first-order valence-electron chi connectivity index (χ1n) is 10.8. The fraction of sp³-hybridized carbons (Fsp3) is 0.138. The molecular formula is C29H22N+. The molecule has 0 fully saturated rings. The van der Waals surface area contributed by atoms with E-state index in [1.165, 1.54) is 60.6 Å². The standard InChI is InChI=1S/C29H22N/c1-17-9-7-14-22-24(17)29-23(15-8-16-30(29)2)28-26-20-12-5-3-10-18(20)25(27(22)28)19-11-4-6-13-21(19)26/h3-16,25-26H,1-2H3/q+1. The minimum atomic E-state index is 0.298. The number of pyridine rings is 1. The second-order valence-electron chi connectivity index (χ2n) is 8.83. The summed E-state index contributed by atoms with van der Waals surface area (Å²) in [5.41, 5.74) is 11.7. The highest BCUT2D eigenvalue weighted by molar-refractivity contribution is 6.10. The van der Waals surface area contributed by atoms with Crippen molar-refractivity contribution in [3.63, 3.8) is 0 Å². The summed E-state index contributed by atoms with van der Waals surface area (Å²) < 4.78 is 2.31. The Hall–Kier alpha value is -3.45. The van der Waals surface area contributed by atoms with Crippen LogP contribution in [-0.2, 0) is 7.05 Å². The zero-order valence-electron chi connectivity index (χ0n) is 17.2.